The summed E-state index contributed by atoms with van der Waals surface area (Å²) in [5.41, 5.74) is 3.92. The van der Waals surface area contributed by atoms with Crippen molar-refractivity contribution in [2.45, 2.75) is 20.4 Å². The maximum Gasteiger partial charge on any atom is 0.277 e. The van der Waals surface area contributed by atoms with Crippen LogP contribution in [0.4, 0.5) is 5.69 Å². The van der Waals surface area contributed by atoms with E-state index in [9.17, 15) is 4.79 Å². The van der Waals surface area contributed by atoms with Gasteiger partial charge in [-0.15, -0.1) is 0 Å². The van der Waals surface area contributed by atoms with Crippen LogP contribution in [0, 0.1) is 13.8 Å². The lowest BCUT2D eigenvalue weighted by atomic mass is 10.1. The molecule has 1 amide bonds. The lowest BCUT2D eigenvalue weighted by Gasteiger charge is -2.03. The van der Waals surface area contributed by atoms with Crippen molar-refractivity contribution < 1.29 is 4.79 Å². The smallest absolute Gasteiger partial charge is 0.277 e. The second kappa shape index (κ2) is 6.49. The van der Waals surface area contributed by atoms with Crippen molar-refractivity contribution in [2.24, 2.45) is 7.05 Å². The third-order valence-corrected chi connectivity index (χ3v) is 4.25. The monoisotopic (exact) mass is 343 g/mol. The van der Waals surface area contributed by atoms with Crippen molar-refractivity contribution >= 4 is 23.2 Å². The lowest BCUT2D eigenvalue weighted by Crippen LogP contribution is -2.13. The molecule has 24 heavy (non-hydrogen) atoms. The standard InChI is InChI=1S/C17H18ClN5O/c1-11-5-4-6-13(7-11)9-23-10-14(8-19-23)20-17(24)16-15(18)12(2)22(3)21-16/h4-8,10H,9H2,1-3H3,(H,20,24). The van der Waals surface area contributed by atoms with Gasteiger partial charge in [0.15, 0.2) is 5.69 Å². The van der Waals surface area contributed by atoms with Crippen LogP contribution in [-0.2, 0) is 13.6 Å². The number of aromatic nitrogens is 4. The van der Waals surface area contributed by atoms with Crippen LogP contribution in [0.15, 0.2) is 36.7 Å². The van der Waals surface area contributed by atoms with Crippen molar-refractivity contribution in [1.82, 2.24) is 19.6 Å². The number of rotatable bonds is 4. The van der Waals surface area contributed by atoms with Gasteiger partial charge in [0.05, 0.1) is 29.1 Å². The lowest BCUT2D eigenvalue weighted by molar-refractivity contribution is 0.102. The third-order valence-electron chi connectivity index (χ3n) is 3.79. The summed E-state index contributed by atoms with van der Waals surface area (Å²) in [6.07, 6.45) is 3.39. The number of carbonyl (C=O) groups excluding carboxylic acids is 1. The Morgan fingerprint density at radius 2 is 2.12 bits per heavy atom. The average Bonchev–Trinajstić information content (AvgIpc) is 3.07. The highest BCUT2D eigenvalue weighted by Gasteiger charge is 2.18. The summed E-state index contributed by atoms with van der Waals surface area (Å²) >= 11 is 6.14. The van der Waals surface area contributed by atoms with Gasteiger partial charge in [-0.05, 0) is 19.4 Å². The van der Waals surface area contributed by atoms with Crippen molar-refractivity contribution in [3.8, 4) is 0 Å². The number of carbonyl (C=O) groups is 1. The second-order valence-corrected chi connectivity index (χ2v) is 6.12. The van der Waals surface area contributed by atoms with E-state index in [-0.39, 0.29) is 11.6 Å². The van der Waals surface area contributed by atoms with Gasteiger partial charge in [0.2, 0.25) is 0 Å². The van der Waals surface area contributed by atoms with E-state index in [1.807, 2.05) is 19.1 Å². The van der Waals surface area contributed by atoms with Crippen LogP contribution in [0.2, 0.25) is 5.02 Å². The quantitative estimate of drug-likeness (QED) is 0.791. The number of benzene rings is 1. The molecule has 0 spiro atoms. The zero-order valence-corrected chi connectivity index (χ0v) is 14.5. The number of hydrogen-bond donors (Lipinski definition) is 1. The van der Waals surface area contributed by atoms with Gasteiger partial charge in [-0.1, -0.05) is 41.4 Å². The summed E-state index contributed by atoms with van der Waals surface area (Å²) in [4.78, 5) is 12.3. The fourth-order valence-corrected chi connectivity index (χ4v) is 2.68. The Balaban J connectivity index is 1.71. The van der Waals surface area contributed by atoms with Crippen molar-refractivity contribution in [3.63, 3.8) is 0 Å². The third kappa shape index (κ3) is 3.33. The van der Waals surface area contributed by atoms with Crippen LogP contribution >= 0.6 is 11.6 Å². The molecule has 6 nitrogen and oxygen atoms in total. The highest BCUT2D eigenvalue weighted by atomic mass is 35.5. The molecule has 2 aromatic heterocycles. The number of halogens is 1. The molecule has 1 N–H and O–H groups in total. The first kappa shape index (κ1) is 16.3. The predicted molar refractivity (Wildman–Crippen MR) is 93.4 cm³/mol. The molecule has 124 valence electrons. The molecule has 2 heterocycles. The molecule has 0 aliphatic rings. The number of nitrogens with zero attached hydrogens (tertiary/aromatic N) is 4. The summed E-state index contributed by atoms with van der Waals surface area (Å²) in [6.45, 7) is 4.50. The summed E-state index contributed by atoms with van der Waals surface area (Å²) < 4.78 is 3.36. The predicted octanol–water partition coefficient (Wildman–Crippen LogP) is 3.19. The minimum absolute atomic E-state index is 0.211. The first-order chi connectivity index (χ1) is 11.4. The maximum absolute atomic E-state index is 12.3. The molecule has 1 aromatic carbocycles. The Morgan fingerprint density at radius 3 is 2.79 bits per heavy atom. The van der Waals surface area contributed by atoms with Gasteiger partial charge in [-0.3, -0.25) is 14.2 Å². The van der Waals surface area contributed by atoms with Gasteiger partial charge in [-0.25, -0.2) is 0 Å². The van der Waals surface area contributed by atoms with E-state index in [0.29, 0.717) is 17.3 Å². The Labute approximate surface area is 145 Å². The minimum atomic E-state index is -0.348. The first-order valence-corrected chi connectivity index (χ1v) is 7.90. The van der Waals surface area contributed by atoms with Gasteiger partial charge in [0.1, 0.15) is 0 Å². The Morgan fingerprint density at radius 1 is 1.33 bits per heavy atom. The van der Waals surface area contributed by atoms with Gasteiger partial charge in [0, 0.05) is 13.2 Å². The molecule has 0 saturated heterocycles. The van der Waals surface area contributed by atoms with Gasteiger partial charge < -0.3 is 5.32 Å². The summed E-state index contributed by atoms with van der Waals surface area (Å²) in [5.74, 6) is -0.348. The molecule has 0 unspecified atom stereocenters. The van der Waals surface area contributed by atoms with E-state index in [1.54, 1.807) is 28.8 Å². The zero-order valence-electron chi connectivity index (χ0n) is 13.7. The summed E-state index contributed by atoms with van der Waals surface area (Å²) in [7, 11) is 1.75. The van der Waals surface area contributed by atoms with Crippen LogP contribution in [0.3, 0.4) is 0 Å². The molecule has 0 fully saturated rings. The average molecular weight is 344 g/mol. The Kier molecular flexibility index (Phi) is 4.40. The molecular formula is C17H18ClN5O. The maximum atomic E-state index is 12.3. The topological polar surface area (TPSA) is 64.7 Å². The van der Waals surface area contributed by atoms with E-state index in [1.165, 1.54) is 5.56 Å². The minimum Gasteiger partial charge on any atom is -0.318 e. The van der Waals surface area contributed by atoms with E-state index >= 15 is 0 Å². The van der Waals surface area contributed by atoms with E-state index < -0.39 is 0 Å². The normalized spacial score (nSPS) is 10.8. The van der Waals surface area contributed by atoms with Gasteiger partial charge in [-0.2, -0.15) is 10.2 Å². The van der Waals surface area contributed by atoms with Crippen LogP contribution < -0.4 is 5.32 Å². The molecule has 3 aromatic rings. The number of nitrogens with one attached hydrogen (secondary N) is 1. The molecule has 3 rings (SSSR count). The van der Waals surface area contributed by atoms with Crippen LogP contribution in [-0.4, -0.2) is 25.5 Å². The highest BCUT2D eigenvalue weighted by Crippen LogP contribution is 2.20. The molecule has 7 heteroatoms. The molecule has 0 aliphatic heterocycles. The molecule has 0 aliphatic carbocycles. The van der Waals surface area contributed by atoms with Crippen molar-refractivity contribution in [3.05, 3.63) is 64.2 Å². The van der Waals surface area contributed by atoms with E-state index in [2.05, 4.69) is 34.6 Å². The molecule has 0 atom stereocenters. The number of anilines is 1. The Hall–Kier alpha value is -2.60. The van der Waals surface area contributed by atoms with Gasteiger partial charge >= 0.3 is 0 Å². The summed E-state index contributed by atoms with van der Waals surface area (Å²) in [6, 6.07) is 8.22. The summed E-state index contributed by atoms with van der Waals surface area (Å²) in [5, 5.41) is 11.5. The van der Waals surface area contributed by atoms with E-state index in [0.717, 1.165) is 11.3 Å². The fraction of sp³-hybridized carbons (Fsp3) is 0.235. The van der Waals surface area contributed by atoms with Crippen LogP contribution in [0.1, 0.15) is 27.3 Å². The SMILES string of the molecule is Cc1cccc(Cn2cc(NC(=O)c3nn(C)c(C)c3Cl)cn2)c1. The van der Waals surface area contributed by atoms with E-state index in [4.69, 9.17) is 11.6 Å². The fourth-order valence-electron chi connectivity index (χ4n) is 2.43. The highest BCUT2D eigenvalue weighted by molar-refractivity contribution is 6.34. The molecule has 0 bridgehead atoms. The van der Waals surface area contributed by atoms with Gasteiger partial charge in [0.25, 0.3) is 5.91 Å². The van der Waals surface area contributed by atoms with Crippen LogP contribution in [0.5, 0.6) is 0 Å². The van der Waals surface area contributed by atoms with Crippen molar-refractivity contribution in [2.75, 3.05) is 5.32 Å². The number of aryl methyl sites for hydroxylation is 2. The number of hydrogen-bond acceptors (Lipinski definition) is 3. The Bertz CT molecular complexity index is 896. The largest absolute Gasteiger partial charge is 0.318 e. The zero-order chi connectivity index (χ0) is 17.3. The molecule has 0 radical (unpaired) electrons. The molecule has 0 saturated carbocycles. The van der Waals surface area contributed by atoms with Crippen LogP contribution in [0.25, 0.3) is 0 Å². The molecular weight excluding hydrogens is 326 g/mol. The first-order valence-electron chi connectivity index (χ1n) is 7.52. The number of amides is 1. The second-order valence-electron chi connectivity index (χ2n) is 5.74. The van der Waals surface area contributed by atoms with Crippen molar-refractivity contribution in [1.29, 1.82) is 0 Å².